The molecule has 3 rings (SSSR count). The number of para-hydroxylation sites is 1. The van der Waals surface area contributed by atoms with Crippen LogP contribution < -0.4 is 5.32 Å². The van der Waals surface area contributed by atoms with Gasteiger partial charge in [-0.2, -0.15) is 0 Å². The number of amides is 1. The lowest BCUT2D eigenvalue weighted by Crippen LogP contribution is -2.21. The predicted octanol–water partition coefficient (Wildman–Crippen LogP) is 4.54. The molecule has 5 nitrogen and oxygen atoms in total. The summed E-state index contributed by atoms with van der Waals surface area (Å²) in [5.74, 6) is -1.01. The van der Waals surface area contributed by atoms with Gasteiger partial charge in [-0.1, -0.05) is 29.3 Å². The van der Waals surface area contributed by atoms with Gasteiger partial charge in [0.15, 0.2) is 6.61 Å². The van der Waals surface area contributed by atoms with Gasteiger partial charge in [0.1, 0.15) is 0 Å². The third-order valence-electron chi connectivity index (χ3n) is 4.18. The number of aryl methyl sites for hydroxylation is 1. The highest BCUT2D eigenvalue weighted by molar-refractivity contribution is 6.39. The van der Waals surface area contributed by atoms with E-state index in [-0.39, 0.29) is 0 Å². The van der Waals surface area contributed by atoms with Crippen molar-refractivity contribution in [2.75, 3.05) is 11.9 Å². The topological polar surface area (TPSA) is 60.3 Å². The number of benzene rings is 1. The van der Waals surface area contributed by atoms with Crippen LogP contribution in [0.1, 0.15) is 40.6 Å². The molecule has 1 N–H and O–H groups in total. The van der Waals surface area contributed by atoms with Gasteiger partial charge >= 0.3 is 5.97 Å². The Balaban J connectivity index is 1.63. The summed E-state index contributed by atoms with van der Waals surface area (Å²) < 4.78 is 7.29. The lowest BCUT2D eigenvalue weighted by Gasteiger charge is -2.10. The summed E-state index contributed by atoms with van der Waals surface area (Å²) in [5, 5.41) is 3.20. The zero-order chi connectivity index (χ0) is 18.1. The number of rotatable bonds is 5. The fourth-order valence-electron chi connectivity index (χ4n) is 2.88. The Kier molecular flexibility index (Phi) is 5.06. The standard InChI is InChI=1S/C18H18Cl2N2O3/c1-10-8-13(11(2)22(10)12-6-7-12)18(24)25-9-16(23)21-17-14(19)4-3-5-15(17)20/h3-5,8,12H,6-7,9H2,1-2H3,(H,21,23). The number of hydrogen-bond acceptors (Lipinski definition) is 3. The molecule has 132 valence electrons. The van der Waals surface area contributed by atoms with Crippen LogP contribution in [-0.4, -0.2) is 23.1 Å². The van der Waals surface area contributed by atoms with Crippen LogP contribution in [0.5, 0.6) is 0 Å². The fourth-order valence-corrected chi connectivity index (χ4v) is 3.37. The first-order valence-electron chi connectivity index (χ1n) is 7.98. The Hall–Kier alpha value is -1.98. The van der Waals surface area contributed by atoms with E-state index in [0.29, 0.717) is 27.3 Å². The maximum atomic E-state index is 12.3. The van der Waals surface area contributed by atoms with E-state index in [2.05, 4.69) is 9.88 Å². The SMILES string of the molecule is Cc1cc(C(=O)OCC(=O)Nc2c(Cl)cccc2Cl)c(C)n1C1CC1. The van der Waals surface area contributed by atoms with Gasteiger partial charge in [-0.25, -0.2) is 4.79 Å². The van der Waals surface area contributed by atoms with Crippen molar-refractivity contribution in [1.29, 1.82) is 0 Å². The average Bonchev–Trinajstić information content (AvgIpc) is 3.34. The molecule has 1 aromatic carbocycles. The minimum atomic E-state index is -0.514. The van der Waals surface area contributed by atoms with Crippen molar-refractivity contribution in [1.82, 2.24) is 4.57 Å². The highest BCUT2D eigenvalue weighted by Gasteiger charge is 2.28. The molecule has 1 aliphatic carbocycles. The van der Waals surface area contributed by atoms with Crippen LogP contribution >= 0.6 is 23.2 Å². The third kappa shape index (κ3) is 3.83. The van der Waals surface area contributed by atoms with Crippen molar-refractivity contribution in [3.8, 4) is 0 Å². The number of nitrogens with zero attached hydrogens (tertiary/aromatic N) is 1. The highest BCUT2D eigenvalue weighted by atomic mass is 35.5. The molecule has 0 bridgehead atoms. The number of anilines is 1. The molecule has 1 amide bonds. The molecule has 0 atom stereocenters. The minimum absolute atomic E-state index is 0.304. The molecular formula is C18H18Cl2N2O3. The zero-order valence-electron chi connectivity index (χ0n) is 13.9. The highest BCUT2D eigenvalue weighted by Crippen LogP contribution is 2.38. The molecule has 25 heavy (non-hydrogen) atoms. The van der Waals surface area contributed by atoms with Crippen molar-refractivity contribution >= 4 is 40.8 Å². The first-order chi connectivity index (χ1) is 11.9. The van der Waals surface area contributed by atoms with Crippen LogP contribution in [0.3, 0.4) is 0 Å². The number of carbonyl (C=O) groups is 2. The van der Waals surface area contributed by atoms with E-state index in [1.807, 2.05) is 13.8 Å². The molecular weight excluding hydrogens is 363 g/mol. The number of ether oxygens (including phenoxy) is 1. The maximum absolute atomic E-state index is 12.3. The molecule has 0 saturated heterocycles. The Labute approximate surface area is 155 Å². The van der Waals surface area contributed by atoms with Crippen LogP contribution in [0.15, 0.2) is 24.3 Å². The number of carbonyl (C=O) groups excluding carboxylic acids is 2. The first-order valence-corrected chi connectivity index (χ1v) is 8.73. The Morgan fingerprint density at radius 1 is 1.24 bits per heavy atom. The van der Waals surface area contributed by atoms with Crippen LogP contribution in [0, 0.1) is 13.8 Å². The second-order valence-corrected chi connectivity index (χ2v) is 6.92. The Morgan fingerprint density at radius 3 is 2.48 bits per heavy atom. The van der Waals surface area contributed by atoms with Gasteiger partial charge < -0.3 is 14.6 Å². The Morgan fingerprint density at radius 2 is 1.88 bits per heavy atom. The van der Waals surface area contributed by atoms with Gasteiger partial charge in [-0.15, -0.1) is 0 Å². The molecule has 1 fully saturated rings. The molecule has 1 aromatic heterocycles. The summed E-state index contributed by atoms with van der Waals surface area (Å²) in [6, 6.07) is 7.19. The molecule has 0 aliphatic heterocycles. The number of aromatic nitrogens is 1. The number of halogens is 2. The normalized spacial score (nSPS) is 13.6. The summed E-state index contributed by atoms with van der Waals surface area (Å²) >= 11 is 12.0. The zero-order valence-corrected chi connectivity index (χ0v) is 15.4. The maximum Gasteiger partial charge on any atom is 0.340 e. The lowest BCUT2D eigenvalue weighted by atomic mass is 10.2. The van der Waals surface area contributed by atoms with Crippen molar-refractivity contribution in [2.45, 2.75) is 32.7 Å². The summed E-state index contributed by atoms with van der Waals surface area (Å²) in [6.45, 7) is 3.45. The Bertz CT molecular complexity index is 821. The van der Waals surface area contributed by atoms with Gasteiger partial charge in [0.25, 0.3) is 5.91 Å². The quantitative estimate of drug-likeness (QED) is 0.774. The second-order valence-electron chi connectivity index (χ2n) is 6.11. The monoisotopic (exact) mass is 380 g/mol. The van der Waals surface area contributed by atoms with Gasteiger partial charge in [0.2, 0.25) is 0 Å². The van der Waals surface area contributed by atoms with Crippen LogP contribution in [0.25, 0.3) is 0 Å². The minimum Gasteiger partial charge on any atom is -0.452 e. The lowest BCUT2D eigenvalue weighted by molar-refractivity contribution is -0.119. The number of nitrogens with one attached hydrogen (secondary N) is 1. The smallest absolute Gasteiger partial charge is 0.340 e. The van der Waals surface area contributed by atoms with Crippen molar-refractivity contribution in [3.05, 3.63) is 51.3 Å². The first kappa shape index (κ1) is 17.8. The molecule has 2 aromatic rings. The van der Waals surface area contributed by atoms with Crippen LogP contribution in [-0.2, 0) is 9.53 Å². The molecule has 0 spiro atoms. The second kappa shape index (κ2) is 7.10. The van der Waals surface area contributed by atoms with Crippen LogP contribution in [0.2, 0.25) is 10.0 Å². The van der Waals surface area contributed by atoms with Gasteiger partial charge in [0, 0.05) is 17.4 Å². The van der Waals surface area contributed by atoms with Gasteiger partial charge in [-0.3, -0.25) is 4.79 Å². The van der Waals surface area contributed by atoms with E-state index in [0.717, 1.165) is 24.2 Å². The largest absolute Gasteiger partial charge is 0.452 e. The van der Waals surface area contributed by atoms with E-state index in [9.17, 15) is 9.59 Å². The molecule has 7 heteroatoms. The summed E-state index contributed by atoms with van der Waals surface area (Å²) in [7, 11) is 0. The molecule has 0 radical (unpaired) electrons. The van der Waals surface area contributed by atoms with Crippen LogP contribution in [0.4, 0.5) is 5.69 Å². The van der Waals surface area contributed by atoms with Gasteiger partial charge in [-0.05, 0) is 44.9 Å². The van der Waals surface area contributed by atoms with Crippen molar-refractivity contribution in [3.63, 3.8) is 0 Å². The van der Waals surface area contributed by atoms with Gasteiger partial charge in [0.05, 0.1) is 21.3 Å². The average molecular weight is 381 g/mol. The van der Waals surface area contributed by atoms with E-state index in [1.165, 1.54) is 0 Å². The summed E-state index contributed by atoms with van der Waals surface area (Å²) in [4.78, 5) is 24.3. The molecule has 1 aliphatic rings. The third-order valence-corrected chi connectivity index (χ3v) is 4.81. The van der Waals surface area contributed by atoms with E-state index in [4.69, 9.17) is 27.9 Å². The van der Waals surface area contributed by atoms with E-state index >= 15 is 0 Å². The molecule has 0 unspecified atom stereocenters. The van der Waals surface area contributed by atoms with Crippen molar-refractivity contribution < 1.29 is 14.3 Å². The number of esters is 1. The van der Waals surface area contributed by atoms with Crippen molar-refractivity contribution in [2.24, 2.45) is 0 Å². The summed E-state index contributed by atoms with van der Waals surface area (Å²) in [6.07, 6.45) is 2.26. The number of hydrogen-bond donors (Lipinski definition) is 1. The molecule has 1 heterocycles. The predicted molar refractivity (Wildman–Crippen MR) is 97.6 cm³/mol. The van der Waals surface area contributed by atoms with E-state index in [1.54, 1.807) is 24.3 Å². The fraction of sp³-hybridized carbons (Fsp3) is 0.333. The summed E-state index contributed by atoms with van der Waals surface area (Å²) in [5.41, 5.74) is 2.70. The molecule has 1 saturated carbocycles. The van der Waals surface area contributed by atoms with E-state index < -0.39 is 18.5 Å².